The molecule has 0 heterocycles. The number of aliphatic hydroxyl groups is 1. The van der Waals surface area contributed by atoms with Gasteiger partial charge in [-0.25, -0.2) is 0 Å². The van der Waals surface area contributed by atoms with Gasteiger partial charge >= 0.3 is 0 Å². The summed E-state index contributed by atoms with van der Waals surface area (Å²) in [6.45, 7) is 6.34. The molecule has 0 amide bonds. The van der Waals surface area contributed by atoms with Gasteiger partial charge in [0.1, 0.15) is 0 Å². The summed E-state index contributed by atoms with van der Waals surface area (Å²) in [5.74, 6) is 0.329. The number of hydrogen-bond donors (Lipinski definition) is 1. The molecule has 0 aliphatic carbocycles. The molecule has 0 aliphatic heterocycles. The third-order valence-electron chi connectivity index (χ3n) is 2.35. The minimum Gasteiger partial charge on any atom is -0.396 e. The molecule has 0 bridgehead atoms. The number of nitrogens with zero attached hydrogens (tertiary/aromatic N) is 1. The van der Waals surface area contributed by atoms with E-state index in [-0.39, 0.29) is 6.61 Å². The molecule has 0 saturated carbocycles. The quantitative estimate of drug-likeness (QED) is 0.774. The molecule has 1 rings (SSSR count). The number of para-hydroxylation sites is 1. The van der Waals surface area contributed by atoms with E-state index in [1.807, 2.05) is 18.2 Å². The fraction of sp³-hybridized carbons (Fsp3) is 0.500. The Hall–Kier alpha value is -1.02. The van der Waals surface area contributed by atoms with Crippen LogP contribution in [0, 0.1) is 5.92 Å². The van der Waals surface area contributed by atoms with E-state index in [9.17, 15) is 0 Å². The van der Waals surface area contributed by atoms with Crippen molar-refractivity contribution in [3.8, 4) is 0 Å². The van der Waals surface area contributed by atoms with Gasteiger partial charge in [-0.3, -0.25) is 0 Å². The van der Waals surface area contributed by atoms with Crippen LogP contribution in [0.3, 0.4) is 0 Å². The van der Waals surface area contributed by atoms with Gasteiger partial charge in [0.25, 0.3) is 0 Å². The van der Waals surface area contributed by atoms with Gasteiger partial charge in [-0.1, -0.05) is 25.1 Å². The largest absolute Gasteiger partial charge is 0.396 e. The van der Waals surface area contributed by atoms with Crippen molar-refractivity contribution in [2.75, 3.05) is 24.6 Å². The van der Waals surface area contributed by atoms with Gasteiger partial charge in [0.2, 0.25) is 0 Å². The fourth-order valence-corrected chi connectivity index (χ4v) is 1.49. The van der Waals surface area contributed by atoms with Crippen LogP contribution in [0.1, 0.15) is 13.8 Å². The van der Waals surface area contributed by atoms with E-state index >= 15 is 0 Å². The van der Waals surface area contributed by atoms with Gasteiger partial charge in [-0.2, -0.15) is 0 Å². The van der Waals surface area contributed by atoms with Gasteiger partial charge in [0.15, 0.2) is 0 Å². The third kappa shape index (κ3) is 3.04. The summed E-state index contributed by atoms with van der Waals surface area (Å²) in [7, 11) is 0. The van der Waals surface area contributed by atoms with Crippen LogP contribution in [0.15, 0.2) is 30.3 Å². The molecule has 0 aromatic heterocycles. The topological polar surface area (TPSA) is 23.5 Å². The number of anilines is 1. The van der Waals surface area contributed by atoms with Crippen molar-refractivity contribution >= 4 is 5.69 Å². The lowest BCUT2D eigenvalue weighted by atomic mass is 10.1. The van der Waals surface area contributed by atoms with Crippen LogP contribution in [0.25, 0.3) is 0 Å². The van der Waals surface area contributed by atoms with Crippen molar-refractivity contribution in [3.63, 3.8) is 0 Å². The highest BCUT2D eigenvalue weighted by Crippen LogP contribution is 2.14. The molecule has 14 heavy (non-hydrogen) atoms. The second-order valence-corrected chi connectivity index (χ2v) is 3.66. The minimum absolute atomic E-state index is 0.253. The Morgan fingerprint density at radius 1 is 1.29 bits per heavy atom. The smallest absolute Gasteiger partial charge is 0.0473 e. The van der Waals surface area contributed by atoms with Gasteiger partial charge in [-0.05, 0) is 25.0 Å². The van der Waals surface area contributed by atoms with E-state index in [0.717, 1.165) is 13.1 Å². The van der Waals surface area contributed by atoms with E-state index < -0.39 is 0 Å². The van der Waals surface area contributed by atoms with E-state index in [4.69, 9.17) is 5.11 Å². The molecular formula is C12H19NO. The number of benzene rings is 1. The van der Waals surface area contributed by atoms with Crippen LogP contribution < -0.4 is 4.90 Å². The van der Waals surface area contributed by atoms with Gasteiger partial charge in [0, 0.05) is 25.4 Å². The highest BCUT2D eigenvalue weighted by molar-refractivity contribution is 5.45. The average molecular weight is 193 g/mol. The Kier molecular flexibility index (Phi) is 4.47. The highest BCUT2D eigenvalue weighted by atomic mass is 16.3. The first-order valence-electron chi connectivity index (χ1n) is 5.18. The van der Waals surface area contributed by atoms with Crippen molar-refractivity contribution in [1.82, 2.24) is 0 Å². The van der Waals surface area contributed by atoms with Gasteiger partial charge < -0.3 is 10.0 Å². The second kappa shape index (κ2) is 5.66. The number of rotatable bonds is 5. The SMILES string of the molecule is CCN(CC(C)CO)c1ccccc1. The van der Waals surface area contributed by atoms with Crippen LogP contribution in [0.5, 0.6) is 0 Å². The van der Waals surface area contributed by atoms with E-state index in [1.165, 1.54) is 5.69 Å². The molecule has 2 nitrogen and oxygen atoms in total. The third-order valence-corrected chi connectivity index (χ3v) is 2.35. The first-order valence-corrected chi connectivity index (χ1v) is 5.18. The maximum Gasteiger partial charge on any atom is 0.0473 e. The summed E-state index contributed by atoms with van der Waals surface area (Å²) in [5, 5.41) is 9.00. The van der Waals surface area contributed by atoms with Crippen molar-refractivity contribution in [2.45, 2.75) is 13.8 Å². The molecule has 1 N–H and O–H groups in total. The fourth-order valence-electron chi connectivity index (χ4n) is 1.49. The summed E-state index contributed by atoms with van der Waals surface area (Å²) in [6.07, 6.45) is 0. The Bertz CT molecular complexity index is 248. The molecule has 78 valence electrons. The van der Waals surface area contributed by atoms with Crippen molar-refractivity contribution in [3.05, 3.63) is 30.3 Å². The summed E-state index contributed by atoms with van der Waals surface area (Å²) < 4.78 is 0. The zero-order valence-corrected chi connectivity index (χ0v) is 8.98. The standard InChI is InChI=1S/C12H19NO/c1-3-13(9-11(2)10-14)12-7-5-4-6-8-12/h4-8,11,14H,3,9-10H2,1-2H3. The zero-order valence-electron chi connectivity index (χ0n) is 8.98. The maximum atomic E-state index is 9.00. The molecular weight excluding hydrogens is 174 g/mol. The van der Waals surface area contributed by atoms with Crippen molar-refractivity contribution in [2.24, 2.45) is 5.92 Å². The van der Waals surface area contributed by atoms with Gasteiger partial charge in [-0.15, -0.1) is 0 Å². The van der Waals surface area contributed by atoms with E-state index in [1.54, 1.807) is 0 Å². The average Bonchev–Trinajstić information content (AvgIpc) is 2.26. The monoisotopic (exact) mass is 193 g/mol. The first-order chi connectivity index (χ1) is 6.77. The Morgan fingerprint density at radius 2 is 1.93 bits per heavy atom. The second-order valence-electron chi connectivity index (χ2n) is 3.66. The van der Waals surface area contributed by atoms with Crippen LogP contribution >= 0.6 is 0 Å². The Morgan fingerprint density at radius 3 is 2.43 bits per heavy atom. The predicted molar refractivity (Wildman–Crippen MR) is 60.6 cm³/mol. The van der Waals surface area contributed by atoms with Crippen LogP contribution in [0.2, 0.25) is 0 Å². The van der Waals surface area contributed by atoms with Crippen LogP contribution in [-0.2, 0) is 0 Å². The molecule has 0 fully saturated rings. The van der Waals surface area contributed by atoms with E-state index in [2.05, 4.69) is 30.9 Å². The summed E-state index contributed by atoms with van der Waals surface area (Å²) in [5.41, 5.74) is 1.23. The lowest BCUT2D eigenvalue weighted by molar-refractivity contribution is 0.239. The normalized spacial score (nSPS) is 12.5. The molecule has 0 spiro atoms. The molecule has 1 atom stereocenters. The molecule has 1 aromatic rings. The summed E-state index contributed by atoms with van der Waals surface area (Å²) in [6, 6.07) is 10.3. The minimum atomic E-state index is 0.253. The van der Waals surface area contributed by atoms with E-state index in [0.29, 0.717) is 5.92 Å². The first kappa shape index (κ1) is 11.1. The number of hydrogen-bond acceptors (Lipinski definition) is 2. The highest BCUT2D eigenvalue weighted by Gasteiger charge is 2.07. The lowest BCUT2D eigenvalue weighted by Crippen LogP contribution is -2.29. The maximum absolute atomic E-state index is 9.00. The van der Waals surface area contributed by atoms with Crippen LogP contribution in [-0.4, -0.2) is 24.8 Å². The lowest BCUT2D eigenvalue weighted by Gasteiger charge is -2.25. The predicted octanol–water partition coefficient (Wildman–Crippen LogP) is 2.14. The number of aliphatic hydroxyl groups excluding tert-OH is 1. The Balaban J connectivity index is 2.63. The molecule has 1 unspecified atom stereocenters. The van der Waals surface area contributed by atoms with Crippen LogP contribution in [0.4, 0.5) is 5.69 Å². The molecule has 0 saturated heterocycles. The molecule has 2 heteroatoms. The van der Waals surface area contributed by atoms with Gasteiger partial charge in [0.05, 0.1) is 0 Å². The molecule has 1 aromatic carbocycles. The zero-order chi connectivity index (χ0) is 10.4. The van der Waals surface area contributed by atoms with Crippen molar-refractivity contribution in [1.29, 1.82) is 0 Å². The molecule has 0 aliphatic rings. The Labute approximate surface area is 86.2 Å². The molecule has 0 radical (unpaired) electrons. The summed E-state index contributed by atoms with van der Waals surface area (Å²) >= 11 is 0. The van der Waals surface area contributed by atoms with Crippen molar-refractivity contribution < 1.29 is 5.11 Å². The summed E-state index contributed by atoms with van der Waals surface area (Å²) in [4.78, 5) is 2.28.